The first kappa shape index (κ1) is 14.1. The molecule has 2 aromatic rings. The Bertz CT molecular complexity index is 616. The molecule has 3 rings (SSSR count). The highest BCUT2D eigenvalue weighted by Crippen LogP contribution is 2.29. The molecular weight excluding hydrogens is 264 g/mol. The molecule has 112 valence electrons. The van der Waals surface area contributed by atoms with Crippen molar-refractivity contribution in [2.75, 3.05) is 25.2 Å². The Labute approximate surface area is 125 Å². The van der Waals surface area contributed by atoms with Crippen LogP contribution in [0.4, 0.5) is 11.6 Å². The van der Waals surface area contributed by atoms with Gasteiger partial charge in [-0.15, -0.1) is 10.2 Å². The molecule has 0 N–H and O–H groups in total. The van der Waals surface area contributed by atoms with Gasteiger partial charge in [-0.05, 0) is 37.5 Å². The molecule has 0 unspecified atom stereocenters. The zero-order valence-electron chi connectivity index (χ0n) is 12.9. The Morgan fingerprint density at radius 1 is 1.24 bits per heavy atom. The number of aryl methyl sites for hydroxylation is 1. The highest BCUT2D eigenvalue weighted by molar-refractivity contribution is 5.57. The molecule has 2 heterocycles. The van der Waals surface area contributed by atoms with E-state index in [0.717, 1.165) is 43.5 Å². The maximum atomic E-state index is 5.43. The number of aromatic nitrogens is 3. The third-order valence-corrected chi connectivity index (χ3v) is 4.16. The Kier molecular flexibility index (Phi) is 3.92. The van der Waals surface area contributed by atoms with Crippen LogP contribution >= 0.6 is 0 Å². The van der Waals surface area contributed by atoms with Crippen LogP contribution in [0.5, 0.6) is 0 Å². The molecule has 0 saturated carbocycles. The molecule has 0 atom stereocenters. The third-order valence-electron chi connectivity index (χ3n) is 4.16. The van der Waals surface area contributed by atoms with Gasteiger partial charge in [0, 0.05) is 38.9 Å². The second-order valence-corrected chi connectivity index (χ2v) is 5.70. The molecule has 0 bridgehead atoms. The summed E-state index contributed by atoms with van der Waals surface area (Å²) in [6, 6.07) is 8.41. The molecule has 0 radical (unpaired) electrons. The van der Waals surface area contributed by atoms with Gasteiger partial charge < -0.3 is 9.64 Å². The molecule has 5 heteroatoms. The van der Waals surface area contributed by atoms with Crippen molar-refractivity contribution in [3.63, 3.8) is 0 Å². The zero-order valence-corrected chi connectivity index (χ0v) is 12.9. The van der Waals surface area contributed by atoms with Crippen LogP contribution in [0, 0.1) is 6.92 Å². The van der Waals surface area contributed by atoms with Gasteiger partial charge in [0.1, 0.15) is 5.82 Å². The fourth-order valence-corrected chi connectivity index (χ4v) is 2.89. The van der Waals surface area contributed by atoms with Gasteiger partial charge in [0.25, 0.3) is 0 Å². The second kappa shape index (κ2) is 5.85. The second-order valence-electron chi connectivity index (χ2n) is 5.70. The van der Waals surface area contributed by atoms with E-state index < -0.39 is 0 Å². The standard InChI is InChI=1S/C16H22N4O/c1-12-5-4-6-14(11-12)19(2)16-18-17-15(20(16)3)13-7-9-21-10-8-13/h4-6,11,13H,7-10H2,1-3H3. The average Bonchev–Trinajstić information content (AvgIpc) is 2.89. The molecule has 1 aliphatic heterocycles. The lowest BCUT2D eigenvalue weighted by Crippen LogP contribution is -2.19. The van der Waals surface area contributed by atoms with Gasteiger partial charge in [-0.2, -0.15) is 0 Å². The maximum absolute atomic E-state index is 5.43. The largest absolute Gasteiger partial charge is 0.381 e. The van der Waals surface area contributed by atoms with E-state index in [4.69, 9.17) is 4.74 Å². The molecule has 0 amide bonds. The van der Waals surface area contributed by atoms with E-state index in [1.54, 1.807) is 0 Å². The summed E-state index contributed by atoms with van der Waals surface area (Å²) in [5.74, 6) is 2.39. The lowest BCUT2D eigenvalue weighted by atomic mass is 10.00. The molecule has 5 nitrogen and oxygen atoms in total. The molecule has 1 aromatic heterocycles. The first-order valence-electron chi connectivity index (χ1n) is 7.44. The minimum Gasteiger partial charge on any atom is -0.381 e. The average molecular weight is 286 g/mol. The summed E-state index contributed by atoms with van der Waals surface area (Å²) in [5, 5.41) is 8.82. The predicted molar refractivity (Wildman–Crippen MR) is 83.0 cm³/mol. The molecule has 1 aromatic carbocycles. The molecule has 1 saturated heterocycles. The molecule has 1 aliphatic rings. The molecule has 0 spiro atoms. The topological polar surface area (TPSA) is 43.2 Å². The van der Waals surface area contributed by atoms with Gasteiger partial charge in [0.2, 0.25) is 5.95 Å². The normalized spacial score (nSPS) is 16.1. The minimum absolute atomic E-state index is 0.455. The number of hydrogen-bond donors (Lipinski definition) is 0. The smallest absolute Gasteiger partial charge is 0.231 e. The molecule has 21 heavy (non-hydrogen) atoms. The highest BCUT2D eigenvalue weighted by atomic mass is 16.5. The SMILES string of the molecule is Cc1cccc(N(C)c2nnc(C3CCOCC3)n2C)c1. The summed E-state index contributed by atoms with van der Waals surface area (Å²) in [5.41, 5.74) is 2.37. The number of benzene rings is 1. The number of nitrogens with zero attached hydrogens (tertiary/aromatic N) is 4. The Morgan fingerprint density at radius 2 is 2.00 bits per heavy atom. The van der Waals surface area contributed by atoms with Crippen molar-refractivity contribution >= 4 is 11.6 Å². The van der Waals surface area contributed by atoms with Crippen LogP contribution in [0.15, 0.2) is 24.3 Å². The summed E-state index contributed by atoms with van der Waals surface area (Å²) in [6.45, 7) is 3.74. The first-order valence-corrected chi connectivity index (χ1v) is 7.44. The van der Waals surface area contributed by atoms with Crippen LogP contribution in [0.2, 0.25) is 0 Å². The van der Waals surface area contributed by atoms with Gasteiger partial charge in [-0.1, -0.05) is 12.1 Å². The zero-order chi connectivity index (χ0) is 14.8. The van der Waals surface area contributed by atoms with E-state index in [2.05, 4.69) is 50.9 Å². The lowest BCUT2D eigenvalue weighted by molar-refractivity contribution is 0.0830. The third kappa shape index (κ3) is 2.78. The molecular formula is C16H22N4O. The van der Waals surface area contributed by atoms with E-state index in [1.165, 1.54) is 5.56 Å². The van der Waals surface area contributed by atoms with E-state index in [9.17, 15) is 0 Å². The summed E-state index contributed by atoms with van der Waals surface area (Å²) in [4.78, 5) is 2.09. The molecule has 0 aliphatic carbocycles. The fourth-order valence-electron chi connectivity index (χ4n) is 2.89. The van der Waals surface area contributed by atoms with E-state index in [0.29, 0.717) is 5.92 Å². The summed E-state index contributed by atoms with van der Waals surface area (Å²) in [6.07, 6.45) is 2.06. The van der Waals surface area contributed by atoms with Crippen LogP contribution in [0.3, 0.4) is 0 Å². The number of hydrogen-bond acceptors (Lipinski definition) is 4. The van der Waals surface area contributed by atoms with Crippen molar-refractivity contribution < 1.29 is 4.74 Å². The summed E-state index contributed by atoms with van der Waals surface area (Å²) < 4.78 is 7.54. The predicted octanol–water partition coefficient (Wildman–Crippen LogP) is 2.79. The highest BCUT2D eigenvalue weighted by Gasteiger charge is 2.23. The fraction of sp³-hybridized carbons (Fsp3) is 0.500. The first-order chi connectivity index (χ1) is 10.2. The lowest BCUT2D eigenvalue weighted by Gasteiger charge is -2.22. The van der Waals surface area contributed by atoms with E-state index in [1.807, 2.05) is 14.1 Å². The van der Waals surface area contributed by atoms with Crippen molar-refractivity contribution in [2.45, 2.75) is 25.7 Å². The number of ether oxygens (including phenoxy) is 1. The number of rotatable bonds is 3. The van der Waals surface area contributed by atoms with Crippen molar-refractivity contribution in [3.8, 4) is 0 Å². The Balaban J connectivity index is 1.87. The monoisotopic (exact) mass is 286 g/mol. The summed E-state index contributed by atoms with van der Waals surface area (Å²) in [7, 11) is 4.08. The molecule has 1 fully saturated rings. The van der Waals surface area contributed by atoms with Crippen molar-refractivity contribution in [1.82, 2.24) is 14.8 Å². The van der Waals surface area contributed by atoms with Gasteiger partial charge >= 0.3 is 0 Å². The van der Waals surface area contributed by atoms with Crippen LogP contribution < -0.4 is 4.90 Å². The van der Waals surface area contributed by atoms with Crippen molar-refractivity contribution in [1.29, 1.82) is 0 Å². The van der Waals surface area contributed by atoms with Crippen LogP contribution in [0.25, 0.3) is 0 Å². The van der Waals surface area contributed by atoms with Gasteiger partial charge in [0.15, 0.2) is 0 Å². The number of anilines is 2. The van der Waals surface area contributed by atoms with Crippen LogP contribution in [0.1, 0.15) is 30.1 Å². The van der Waals surface area contributed by atoms with Gasteiger partial charge in [0.05, 0.1) is 0 Å². The Morgan fingerprint density at radius 3 is 2.71 bits per heavy atom. The summed E-state index contributed by atoms with van der Waals surface area (Å²) >= 11 is 0. The van der Waals surface area contributed by atoms with Crippen LogP contribution in [-0.2, 0) is 11.8 Å². The Hall–Kier alpha value is -1.88. The van der Waals surface area contributed by atoms with Crippen LogP contribution in [-0.4, -0.2) is 35.0 Å². The van der Waals surface area contributed by atoms with Gasteiger partial charge in [-0.25, -0.2) is 0 Å². The van der Waals surface area contributed by atoms with Gasteiger partial charge in [-0.3, -0.25) is 4.57 Å². The quantitative estimate of drug-likeness (QED) is 0.870. The van der Waals surface area contributed by atoms with Crippen molar-refractivity contribution in [3.05, 3.63) is 35.7 Å². The van der Waals surface area contributed by atoms with E-state index >= 15 is 0 Å². The maximum Gasteiger partial charge on any atom is 0.231 e. The minimum atomic E-state index is 0.455. The van der Waals surface area contributed by atoms with Crippen molar-refractivity contribution in [2.24, 2.45) is 7.05 Å². The van der Waals surface area contributed by atoms with E-state index in [-0.39, 0.29) is 0 Å².